The van der Waals surface area contributed by atoms with E-state index in [1.54, 1.807) is 0 Å². The molecule has 0 aliphatic rings. The van der Waals surface area contributed by atoms with E-state index in [2.05, 4.69) is 123 Å². The van der Waals surface area contributed by atoms with Crippen LogP contribution in [0.4, 0.5) is 0 Å². The fourth-order valence-corrected chi connectivity index (χ4v) is 6.88. The Morgan fingerprint density at radius 2 is 0.826 bits per heavy atom. The van der Waals surface area contributed by atoms with Crippen molar-refractivity contribution < 1.29 is 42.9 Å². The molecule has 2 unspecified atom stereocenters. The molecular formula is C60H99NO8. The SMILES string of the molecule is CC/C=C\C/C=C\C/C=C\C/C=C\C/C=C\C/C=C\C/C=C\C/C=C\C/C=C\CCCCCCCCCCCC(=O)OC(COC(=O)CCCCCCCCC)COC(OCC[N+](C)(C)C)C(=O)[O-]. The summed E-state index contributed by atoms with van der Waals surface area (Å²) in [5.74, 6) is -2.31. The number of hydrogen-bond donors (Lipinski definition) is 0. The molecule has 0 N–H and O–H groups in total. The number of nitrogens with zero attached hydrogens (tertiary/aromatic N) is 1. The van der Waals surface area contributed by atoms with Crippen LogP contribution in [0.3, 0.4) is 0 Å². The molecule has 0 radical (unpaired) electrons. The molecule has 69 heavy (non-hydrogen) atoms. The maximum atomic E-state index is 12.8. The van der Waals surface area contributed by atoms with Gasteiger partial charge in [-0.15, -0.1) is 0 Å². The van der Waals surface area contributed by atoms with Gasteiger partial charge in [0.15, 0.2) is 12.4 Å². The third-order valence-corrected chi connectivity index (χ3v) is 11.0. The zero-order chi connectivity index (χ0) is 50.6. The molecule has 0 amide bonds. The normalized spacial score (nSPS) is 13.7. The van der Waals surface area contributed by atoms with Gasteiger partial charge in [-0.1, -0.05) is 207 Å². The fourth-order valence-electron chi connectivity index (χ4n) is 6.88. The number of aliphatic carboxylic acids is 1. The molecule has 9 nitrogen and oxygen atoms in total. The van der Waals surface area contributed by atoms with Crippen LogP contribution in [0.2, 0.25) is 0 Å². The quantitative estimate of drug-likeness (QED) is 0.0195. The van der Waals surface area contributed by atoms with Gasteiger partial charge in [-0.05, 0) is 83.5 Å². The minimum Gasteiger partial charge on any atom is -0.545 e. The van der Waals surface area contributed by atoms with Gasteiger partial charge in [0.2, 0.25) is 0 Å². The second-order valence-corrected chi connectivity index (χ2v) is 18.8. The molecule has 0 aliphatic carbocycles. The van der Waals surface area contributed by atoms with Crippen LogP contribution in [0, 0.1) is 0 Å². The summed E-state index contributed by atoms with van der Waals surface area (Å²) in [6, 6.07) is 0. The molecule has 0 aromatic carbocycles. The van der Waals surface area contributed by atoms with Crippen LogP contribution >= 0.6 is 0 Å². The van der Waals surface area contributed by atoms with Crippen molar-refractivity contribution >= 4 is 17.9 Å². The van der Waals surface area contributed by atoms with E-state index in [4.69, 9.17) is 18.9 Å². The molecule has 0 fully saturated rings. The van der Waals surface area contributed by atoms with Crippen molar-refractivity contribution in [3.8, 4) is 0 Å². The minimum atomic E-state index is -1.62. The molecule has 0 aromatic rings. The van der Waals surface area contributed by atoms with Gasteiger partial charge in [0, 0.05) is 12.8 Å². The van der Waals surface area contributed by atoms with Crippen LogP contribution in [0.5, 0.6) is 0 Å². The molecule has 0 spiro atoms. The fraction of sp³-hybridized carbons (Fsp3) is 0.650. The van der Waals surface area contributed by atoms with Gasteiger partial charge in [-0.25, -0.2) is 0 Å². The summed E-state index contributed by atoms with van der Waals surface area (Å²) in [6.07, 6.45) is 66.0. The van der Waals surface area contributed by atoms with E-state index in [-0.39, 0.29) is 38.6 Å². The van der Waals surface area contributed by atoms with Crippen LogP contribution in [0.15, 0.2) is 109 Å². The summed E-state index contributed by atoms with van der Waals surface area (Å²) in [6.45, 7) is 4.55. The topological polar surface area (TPSA) is 111 Å². The molecule has 0 saturated heterocycles. The smallest absolute Gasteiger partial charge is 0.306 e. The third kappa shape index (κ3) is 51.6. The lowest BCUT2D eigenvalue weighted by Gasteiger charge is -2.26. The second kappa shape index (κ2) is 50.3. The molecule has 392 valence electrons. The Bertz CT molecular complexity index is 1490. The first kappa shape index (κ1) is 65.0. The molecule has 0 bridgehead atoms. The highest BCUT2D eigenvalue weighted by atomic mass is 16.7. The van der Waals surface area contributed by atoms with Crippen molar-refractivity contribution in [2.24, 2.45) is 0 Å². The molecule has 0 heterocycles. The number of esters is 2. The van der Waals surface area contributed by atoms with Crippen molar-refractivity contribution in [3.05, 3.63) is 109 Å². The van der Waals surface area contributed by atoms with Crippen LogP contribution in [-0.2, 0) is 33.3 Å². The Labute approximate surface area is 422 Å². The highest BCUT2D eigenvalue weighted by Gasteiger charge is 2.22. The van der Waals surface area contributed by atoms with Gasteiger partial charge in [-0.3, -0.25) is 9.59 Å². The largest absolute Gasteiger partial charge is 0.545 e. The Morgan fingerprint density at radius 1 is 0.449 bits per heavy atom. The third-order valence-electron chi connectivity index (χ3n) is 11.0. The number of carbonyl (C=O) groups is 3. The Balaban J connectivity index is 4.09. The Morgan fingerprint density at radius 3 is 1.23 bits per heavy atom. The Hall–Kier alpha value is -4.05. The number of hydrogen-bond acceptors (Lipinski definition) is 8. The van der Waals surface area contributed by atoms with E-state index < -0.39 is 24.3 Å². The number of carboxylic acid groups (broad SMARTS) is 1. The number of carboxylic acids is 1. The number of carbonyl (C=O) groups excluding carboxylic acids is 3. The summed E-state index contributed by atoms with van der Waals surface area (Å²) in [5.41, 5.74) is 0. The van der Waals surface area contributed by atoms with Gasteiger partial charge in [0.25, 0.3) is 0 Å². The summed E-state index contributed by atoms with van der Waals surface area (Å²) < 4.78 is 22.5. The van der Waals surface area contributed by atoms with Gasteiger partial charge in [0.05, 0.1) is 40.3 Å². The maximum absolute atomic E-state index is 12.8. The standard InChI is InChI=1S/C60H99NO8/c1-6-8-10-12-14-15-16-17-18-19-20-21-22-23-24-25-26-27-28-29-30-31-32-33-34-35-36-37-38-39-40-41-42-43-45-47-49-51-58(63)69-56(54-67-57(62)50-48-46-44-13-11-9-7-2)55-68-60(59(64)65)66-53-52-61(3,4)5/h8,10,14-15,17-18,20-21,23-24,26-27,29-30,32-33,35-36,56,60H,6-7,9,11-13,16,19,22,25,28,31,34,37-55H2,1-5H3/b10-8-,15-14-,18-17-,21-20-,24-23-,27-26-,30-29-,33-32-,36-35-. The monoisotopic (exact) mass is 962 g/mol. The molecule has 9 heteroatoms. The predicted octanol–water partition coefficient (Wildman–Crippen LogP) is 14.2. The van der Waals surface area contributed by atoms with Gasteiger partial charge >= 0.3 is 11.9 Å². The number of unbranched alkanes of at least 4 members (excludes halogenated alkanes) is 15. The van der Waals surface area contributed by atoms with E-state index in [1.165, 1.54) is 57.8 Å². The number of quaternary nitrogens is 1. The minimum absolute atomic E-state index is 0.142. The average Bonchev–Trinajstić information content (AvgIpc) is 3.31. The van der Waals surface area contributed by atoms with Crippen LogP contribution < -0.4 is 5.11 Å². The van der Waals surface area contributed by atoms with E-state index in [0.29, 0.717) is 17.4 Å². The van der Waals surface area contributed by atoms with Crippen molar-refractivity contribution in [2.45, 2.75) is 206 Å². The highest BCUT2D eigenvalue weighted by Crippen LogP contribution is 2.14. The molecule has 2 atom stereocenters. The summed E-state index contributed by atoms with van der Waals surface area (Å²) >= 11 is 0. The summed E-state index contributed by atoms with van der Waals surface area (Å²) in [7, 11) is 5.90. The van der Waals surface area contributed by atoms with Gasteiger partial charge in [0.1, 0.15) is 13.2 Å². The van der Waals surface area contributed by atoms with Crippen molar-refractivity contribution in [1.82, 2.24) is 0 Å². The molecule has 0 rings (SSSR count). The second-order valence-electron chi connectivity index (χ2n) is 18.8. The first-order valence-corrected chi connectivity index (χ1v) is 27.0. The lowest BCUT2D eigenvalue weighted by molar-refractivity contribution is -0.870. The lowest BCUT2D eigenvalue weighted by Crippen LogP contribution is -2.44. The highest BCUT2D eigenvalue weighted by molar-refractivity contribution is 5.70. The number of ether oxygens (including phenoxy) is 4. The molecule has 0 saturated carbocycles. The van der Waals surface area contributed by atoms with E-state index in [1.807, 2.05) is 21.1 Å². The number of allylic oxidation sites excluding steroid dienone is 18. The van der Waals surface area contributed by atoms with Crippen molar-refractivity contribution in [1.29, 1.82) is 0 Å². The van der Waals surface area contributed by atoms with E-state index in [0.717, 1.165) is 103 Å². The van der Waals surface area contributed by atoms with Gasteiger partial charge in [-0.2, -0.15) is 0 Å². The zero-order valence-corrected chi connectivity index (χ0v) is 44.4. The lowest BCUT2D eigenvalue weighted by atomic mass is 10.1. The average molecular weight is 962 g/mol. The van der Waals surface area contributed by atoms with Crippen LogP contribution in [-0.4, -0.2) is 82.3 Å². The summed E-state index contributed by atoms with van der Waals surface area (Å²) in [4.78, 5) is 36.9. The first-order valence-electron chi connectivity index (χ1n) is 27.0. The van der Waals surface area contributed by atoms with Crippen molar-refractivity contribution in [2.75, 3.05) is 47.5 Å². The van der Waals surface area contributed by atoms with E-state index >= 15 is 0 Å². The number of rotatable bonds is 48. The predicted molar refractivity (Wildman–Crippen MR) is 287 cm³/mol. The van der Waals surface area contributed by atoms with Crippen LogP contribution in [0.25, 0.3) is 0 Å². The molecule has 0 aliphatic heterocycles. The molecule has 0 aromatic heterocycles. The number of likely N-dealkylation sites (N-methyl/N-ethyl adjacent to an activating group) is 1. The Kier molecular flexibility index (Phi) is 47.4. The van der Waals surface area contributed by atoms with Gasteiger partial charge < -0.3 is 33.3 Å². The zero-order valence-electron chi connectivity index (χ0n) is 44.4. The maximum Gasteiger partial charge on any atom is 0.306 e. The molecular weight excluding hydrogens is 863 g/mol. The van der Waals surface area contributed by atoms with Crippen molar-refractivity contribution in [3.63, 3.8) is 0 Å². The van der Waals surface area contributed by atoms with E-state index in [9.17, 15) is 19.5 Å². The van der Waals surface area contributed by atoms with Crippen LogP contribution in [0.1, 0.15) is 194 Å². The summed E-state index contributed by atoms with van der Waals surface area (Å²) in [5, 5.41) is 11.7. The first-order chi connectivity index (χ1) is 33.6.